The topological polar surface area (TPSA) is 81.5 Å². The van der Waals surface area contributed by atoms with Gasteiger partial charge in [0.2, 0.25) is 0 Å². The number of hydrogen-bond acceptors (Lipinski definition) is 5. The zero-order valence-electron chi connectivity index (χ0n) is 22.8. The Hall–Kier alpha value is -3.91. The van der Waals surface area contributed by atoms with Crippen molar-refractivity contribution < 1.29 is 17.9 Å². The quantitative estimate of drug-likeness (QED) is 0.296. The van der Waals surface area contributed by atoms with Crippen molar-refractivity contribution in [3.63, 3.8) is 0 Å². The van der Waals surface area contributed by atoms with E-state index in [4.69, 9.17) is 9.84 Å². The molecular weight excluding hydrogens is 522 g/mol. The normalized spacial score (nSPS) is 19.6. The number of ether oxygens (including phenoxy) is 1. The van der Waals surface area contributed by atoms with E-state index in [0.717, 1.165) is 34.4 Å². The summed E-state index contributed by atoms with van der Waals surface area (Å²) in [6.45, 7) is 2.66. The predicted octanol–water partition coefficient (Wildman–Crippen LogP) is 5.27. The number of aromatic nitrogens is 2. The van der Waals surface area contributed by atoms with Gasteiger partial charge in [0.25, 0.3) is 5.91 Å². The summed E-state index contributed by atoms with van der Waals surface area (Å²) in [5.41, 5.74) is 6.33. The van der Waals surface area contributed by atoms with E-state index in [1.165, 1.54) is 5.56 Å². The first-order chi connectivity index (χ1) is 19.4. The molecule has 0 spiro atoms. The lowest BCUT2D eigenvalue weighted by atomic mass is 9.95. The highest BCUT2D eigenvalue weighted by molar-refractivity contribution is 7.91. The van der Waals surface area contributed by atoms with E-state index < -0.39 is 9.84 Å². The highest BCUT2D eigenvalue weighted by atomic mass is 32.2. The minimum absolute atomic E-state index is 0.00364. The number of carbonyl (C=O) groups excluding carboxylic acids is 1. The van der Waals surface area contributed by atoms with Gasteiger partial charge < -0.3 is 9.64 Å². The first-order valence-corrected chi connectivity index (χ1v) is 15.6. The molecule has 4 aromatic rings. The van der Waals surface area contributed by atoms with Gasteiger partial charge in [-0.3, -0.25) is 9.48 Å². The second kappa shape index (κ2) is 10.6. The molecule has 7 nitrogen and oxygen atoms in total. The number of carbonyl (C=O) groups is 1. The van der Waals surface area contributed by atoms with Crippen molar-refractivity contribution in [1.29, 1.82) is 0 Å². The fourth-order valence-electron chi connectivity index (χ4n) is 5.93. The van der Waals surface area contributed by atoms with Gasteiger partial charge in [0.05, 0.1) is 36.4 Å². The highest BCUT2D eigenvalue weighted by Crippen LogP contribution is 2.45. The Labute approximate surface area is 235 Å². The Bertz CT molecular complexity index is 1630. The molecule has 0 bridgehead atoms. The third-order valence-electron chi connectivity index (χ3n) is 8.10. The smallest absolute Gasteiger partial charge is 0.273 e. The second-order valence-corrected chi connectivity index (χ2v) is 12.8. The van der Waals surface area contributed by atoms with Crippen LogP contribution < -0.4 is 4.74 Å². The van der Waals surface area contributed by atoms with Crippen LogP contribution in [0.25, 0.3) is 11.3 Å². The monoisotopic (exact) mass is 555 g/mol. The van der Waals surface area contributed by atoms with Gasteiger partial charge in [-0.2, -0.15) is 5.10 Å². The first-order valence-electron chi connectivity index (χ1n) is 13.8. The van der Waals surface area contributed by atoms with Crippen LogP contribution in [0.1, 0.15) is 58.2 Å². The molecule has 206 valence electrons. The number of fused-ring (bicyclic) bond motifs is 1. The van der Waals surface area contributed by atoms with E-state index in [1.807, 2.05) is 47.4 Å². The molecule has 0 saturated carbocycles. The molecule has 3 heterocycles. The molecule has 2 unspecified atom stereocenters. The fraction of sp³-hybridized carbons (Fsp3) is 0.312. The van der Waals surface area contributed by atoms with Gasteiger partial charge in [-0.15, -0.1) is 0 Å². The van der Waals surface area contributed by atoms with Crippen molar-refractivity contribution in [2.45, 2.75) is 38.3 Å². The van der Waals surface area contributed by atoms with Crippen molar-refractivity contribution >= 4 is 15.7 Å². The molecule has 2 aliphatic rings. The molecule has 3 aromatic carbocycles. The molecule has 2 aliphatic heterocycles. The van der Waals surface area contributed by atoms with Crippen LogP contribution in [0.15, 0.2) is 78.9 Å². The number of methoxy groups -OCH3 is 1. The number of rotatable bonds is 8. The summed E-state index contributed by atoms with van der Waals surface area (Å²) in [5.74, 6) is 0.731. The van der Waals surface area contributed by atoms with Crippen molar-refractivity contribution in [3.05, 3.63) is 107 Å². The standard InChI is InChI=1S/C32H33N3O4S/c1-3-22-9-11-25(12-10-22)30-28-29(24-13-15-27(39-2)16-14-24)33-35(26-18-20-40(37,38)21-26)31(28)32(36)34(30)19-17-23-7-5-4-6-8-23/h4-16,26,30H,3,17-21H2,1-2H3. The number of sulfone groups is 1. The van der Waals surface area contributed by atoms with E-state index in [2.05, 4.69) is 43.3 Å². The summed E-state index contributed by atoms with van der Waals surface area (Å²) in [6.07, 6.45) is 2.09. The van der Waals surface area contributed by atoms with E-state index in [-0.39, 0.29) is 29.5 Å². The van der Waals surface area contributed by atoms with Crippen LogP contribution >= 0.6 is 0 Å². The summed E-state index contributed by atoms with van der Waals surface area (Å²) in [6, 6.07) is 25.6. The molecule has 1 amide bonds. The average molecular weight is 556 g/mol. The van der Waals surface area contributed by atoms with E-state index in [9.17, 15) is 13.2 Å². The minimum atomic E-state index is -3.18. The molecule has 6 rings (SSSR count). The van der Waals surface area contributed by atoms with Crippen molar-refractivity contribution in [2.75, 3.05) is 25.2 Å². The number of amides is 1. The zero-order valence-corrected chi connectivity index (χ0v) is 23.6. The predicted molar refractivity (Wildman–Crippen MR) is 155 cm³/mol. The Morgan fingerprint density at radius 2 is 1.68 bits per heavy atom. The molecule has 1 saturated heterocycles. The molecule has 1 aromatic heterocycles. The minimum Gasteiger partial charge on any atom is -0.497 e. The summed E-state index contributed by atoms with van der Waals surface area (Å²) in [7, 11) is -1.55. The van der Waals surface area contributed by atoms with Crippen molar-refractivity contribution in [3.8, 4) is 17.0 Å². The van der Waals surface area contributed by atoms with Gasteiger partial charge in [0.1, 0.15) is 11.4 Å². The molecule has 8 heteroatoms. The van der Waals surface area contributed by atoms with Crippen molar-refractivity contribution in [1.82, 2.24) is 14.7 Å². The molecule has 2 atom stereocenters. The Morgan fingerprint density at radius 3 is 2.30 bits per heavy atom. The van der Waals surface area contributed by atoms with Gasteiger partial charge in [-0.05, 0) is 60.2 Å². The summed E-state index contributed by atoms with van der Waals surface area (Å²) < 4.78 is 32.0. The molecule has 40 heavy (non-hydrogen) atoms. The number of aryl methyl sites for hydroxylation is 1. The van der Waals surface area contributed by atoms with Gasteiger partial charge in [-0.1, -0.05) is 61.5 Å². The van der Waals surface area contributed by atoms with Crippen LogP contribution in [0.2, 0.25) is 0 Å². The van der Waals surface area contributed by atoms with Crippen LogP contribution in [0.4, 0.5) is 0 Å². The maximum Gasteiger partial charge on any atom is 0.273 e. The van der Waals surface area contributed by atoms with Gasteiger partial charge >= 0.3 is 0 Å². The lowest BCUT2D eigenvalue weighted by Gasteiger charge is -2.27. The molecule has 0 N–H and O–H groups in total. The maximum atomic E-state index is 14.3. The van der Waals surface area contributed by atoms with Crippen LogP contribution in [0.3, 0.4) is 0 Å². The molecule has 0 radical (unpaired) electrons. The van der Waals surface area contributed by atoms with E-state index >= 15 is 0 Å². The van der Waals surface area contributed by atoms with E-state index in [1.54, 1.807) is 11.8 Å². The molecular formula is C32H33N3O4S. The third-order valence-corrected chi connectivity index (χ3v) is 9.85. The lowest BCUT2D eigenvalue weighted by Crippen LogP contribution is -2.32. The summed E-state index contributed by atoms with van der Waals surface area (Å²) in [4.78, 5) is 16.2. The van der Waals surface area contributed by atoms with Crippen LogP contribution in [0.5, 0.6) is 5.75 Å². The fourth-order valence-corrected chi connectivity index (χ4v) is 7.62. The maximum absolute atomic E-state index is 14.3. The Balaban J connectivity index is 1.51. The van der Waals surface area contributed by atoms with Gasteiger partial charge in [0, 0.05) is 17.7 Å². The van der Waals surface area contributed by atoms with E-state index in [0.29, 0.717) is 30.8 Å². The largest absolute Gasteiger partial charge is 0.497 e. The summed E-state index contributed by atoms with van der Waals surface area (Å²) in [5, 5.41) is 4.98. The highest BCUT2D eigenvalue weighted by Gasteiger charge is 2.46. The zero-order chi connectivity index (χ0) is 27.9. The number of nitrogens with zero attached hydrogens (tertiary/aromatic N) is 3. The number of benzene rings is 3. The average Bonchev–Trinajstić information content (AvgIpc) is 3.63. The van der Waals surface area contributed by atoms with Crippen LogP contribution in [-0.4, -0.2) is 54.2 Å². The van der Waals surface area contributed by atoms with Crippen LogP contribution in [-0.2, 0) is 22.7 Å². The van der Waals surface area contributed by atoms with Gasteiger partial charge in [0.15, 0.2) is 9.84 Å². The molecule has 1 fully saturated rings. The Kier molecular flexibility index (Phi) is 6.96. The SMILES string of the molecule is CCc1ccc(C2c3c(-c4ccc(OC)cc4)nn(C4CCS(=O)(=O)C4)c3C(=O)N2CCc2ccccc2)cc1. The second-order valence-electron chi connectivity index (χ2n) is 10.6. The number of hydrogen-bond donors (Lipinski definition) is 0. The summed E-state index contributed by atoms with van der Waals surface area (Å²) >= 11 is 0. The van der Waals surface area contributed by atoms with Crippen LogP contribution in [0, 0.1) is 0 Å². The molecule has 0 aliphatic carbocycles. The first kappa shape index (κ1) is 26.3. The third kappa shape index (κ3) is 4.81. The Morgan fingerprint density at radius 1 is 0.950 bits per heavy atom. The van der Waals surface area contributed by atoms with Gasteiger partial charge in [-0.25, -0.2) is 8.42 Å². The lowest BCUT2D eigenvalue weighted by molar-refractivity contribution is 0.0738. The van der Waals surface area contributed by atoms with Crippen molar-refractivity contribution in [2.24, 2.45) is 0 Å².